The molecule has 0 aliphatic carbocycles. The maximum absolute atomic E-state index is 14.5. The van der Waals surface area contributed by atoms with E-state index in [1.54, 1.807) is 137 Å². The number of hydrogen-bond acceptors (Lipinski definition) is 12. The maximum atomic E-state index is 14.5. The van der Waals surface area contributed by atoms with Crippen molar-refractivity contribution in [3.05, 3.63) is 215 Å². The van der Waals surface area contributed by atoms with Crippen molar-refractivity contribution in [3.8, 4) is 0 Å². The average Bonchev–Trinajstić information content (AvgIpc) is 3.44. The van der Waals surface area contributed by atoms with Gasteiger partial charge >= 0.3 is 11.9 Å². The maximum Gasteiger partial charge on any atom is 0.356 e. The molecule has 0 saturated carbocycles. The number of nitrogens with one attached hydrogen (secondary N) is 6. The molecular weight excluding hydrogens is 965 g/mol. The first kappa shape index (κ1) is 57.3. The van der Waals surface area contributed by atoms with Crippen molar-refractivity contribution in [2.24, 2.45) is 11.8 Å². The van der Waals surface area contributed by atoms with E-state index in [4.69, 9.17) is 9.68 Å². The second-order valence-electron chi connectivity index (χ2n) is 19.3. The topological polar surface area (TPSA) is 234 Å². The molecule has 0 unspecified atom stereocenters. The van der Waals surface area contributed by atoms with Gasteiger partial charge in [0.1, 0.15) is 36.4 Å². The molecule has 0 bridgehead atoms. The van der Waals surface area contributed by atoms with Crippen LogP contribution in [-0.2, 0) is 54.5 Å². The van der Waals surface area contributed by atoms with Gasteiger partial charge < -0.3 is 41.2 Å². The first-order valence-corrected chi connectivity index (χ1v) is 25.4. The van der Waals surface area contributed by atoms with Gasteiger partial charge in [-0.05, 0) is 84.0 Å². The third-order valence-corrected chi connectivity index (χ3v) is 12.7. The van der Waals surface area contributed by atoms with E-state index < -0.39 is 95.9 Å². The number of carbonyl (C=O) groups excluding carboxylic acids is 6. The number of aliphatic hydroxyl groups excluding tert-OH is 2. The Morgan fingerprint density at radius 3 is 0.908 bits per heavy atom. The molecule has 0 spiro atoms. The molecule has 0 fully saturated rings. The summed E-state index contributed by atoms with van der Waals surface area (Å²) in [5.74, 6) is -5.06. The van der Waals surface area contributed by atoms with Gasteiger partial charge in [0.05, 0.1) is 23.2 Å². The van der Waals surface area contributed by atoms with E-state index >= 15 is 0 Å². The number of hydroxylamine groups is 2. The van der Waals surface area contributed by atoms with Crippen molar-refractivity contribution < 1.29 is 48.7 Å². The molecule has 0 heterocycles. The lowest BCUT2D eigenvalue weighted by atomic mass is 9.90. The van der Waals surface area contributed by atoms with Crippen LogP contribution in [0.2, 0.25) is 0 Å². The molecule has 4 amide bonds. The molecule has 0 aromatic heterocycles. The standard InChI is InChI=1S/C60H68N6O10/c1-39(2)51(63-55(69)49(37-43-27-15-7-16-28-43)65-75-59(73)45-31-19-9-20-32-45)57(71)61-47(35-41-23-11-5-12-24-41)53(67)54(68)48(36-42-25-13-6-14-26-42)62-58(72)52(40(3)4)64-56(70)50(38-44-29-17-8-18-30-44)66-76-60(74)46-33-21-10-22-34-46/h5-34,39-40,47-54,65-68H,35-38H2,1-4H3,(H,61,71)(H,62,72)(H,63,69)(H,64,70)/t47-,48-,49-,50-,51-,52-,53+,54+/m0/s1. The smallest absolute Gasteiger partial charge is 0.356 e. The Balaban J connectivity index is 1.22. The summed E-state index contributed by atoms with van der Waals surface area (Å²) in [6.45, 7) is 6.96. The quantitative estimate of drug-likeness (QED) is 0.0304. The highest BCUT2D eigenvalue weighted by Crippen LogP contribution is 2.18. The van der Waals surface area contributed by atoms with Gasteiger partial charge in [0.15, 0.2) is 0 Å². The summed E-state index contributed by atoms with van der Waals surface area (Å²) in [7, 11) is 0. The van der Waals surface area contributed by atoms with E-state index in [9.17, 15) is 39.0 Å². The van der Waals surface area contributed by atoms with Crippen LogP contribution >= 0.6 is 0 Å². The largest absolute Gasteiger partial charge is 0.388 e. The summed E-state index contributed by atoms with van der Waals surface area (Å²) >= 11 is 0. The molecule has 16 heteroatoms. The Morgan fingerprint density at radius 2 is 0.632 bits per heavy atom. The van der Waals surface area contributed by atoms with Crippen molar-refractivity contribution in [1.29, 1.82) is 0 Å². The first-order chi connectivity index (χ1) is 36.7. The fourth-order valence-corrected chi connectivity index (χ4v) is 8.44. The summed E-state index contributed by atoms with van der Waals surface area (Å²) in [5, 5.41) is 36.1. The second kappa shape index (κ2) is 29.2. The molecule has 8 N–H and O–H groups in total. The second-order valence-corrected chi connectivity index (χ2v) is 19.3. The molecule has 0 aliphatic rings. The predicted octanol–water partition coefficient (Wildman–Crippen LogP) is 5.39. The Kier molecular flexibility index (Phi) is 22.0. The molecule has 6 rings (SSSR count). The van der Waals surface area contributed by atoms with Gasteiger partial charge in [0.25, 0.3) is 0 Å². The third kappa shape index (κ3) is 17.6. The molecule has 8 atom stereocenters. The van der Waals surface area contributed by atoms with Crippen molar-refractivity contribution in [2.45, 2.75) is 102 Å². The van der Waals surface area contributed by atoms with Gasteiger partial charge in [0.2, 0.25) is 23.6 Å². The van der Waals surface area contributed by atoms with Crippen molar-refractivity contribution in [1.82, 2.24) is 32.2 Å². The molecule has 398 valence electrons. The summed E-state index contributed by atoms with van der Waals surface area (Å²) in [4.78, 5) is 94.1. The minimum Gasteiger partial charge on any atom is -0.388 e. The molecule has 76 heavy (non-hydrogen) atoms. The van der Waals surface area contributed by atoms with Crippen LogP contribution in [0.4, 0.5) is 0 Å². The number of carbonyl (C=O) groups is 6. The summed E-state index contributed by atoms with van der Waals surface area (Å²) in [6, 6.07) is 45.7. The average molecular weight is 1030 g/mol. The minimum atomic E-state index is -1.72. The predicted molar refractivity (Wildman–Crippen MR) is 288 cm³/mol. The number of benzene rings is 6. The number of aliphatic hydroxyl groups is 2. The zero-order valence-electron chi connectivity index (χ0n) is 43.1. The Morgan fingerprint density at radius 1 is 0.368 bits per heavy atom. The van der Waals surface area contributed by atoms with Crippen LogP contribution in [-0.4, -0.2) is 94.2 Å². The summed E-state index contributed by atoms with van der Waals surface area (Å²) in [6.07, 6.45) is -3.21. The van der Waals surface area contributed by atoms with E-state index in [-0.39, 0.29) is 36.8 Å². The lowest BCUT2D eigenvalue weighted by Crippen LogP contribution is -2.62. The zero-order chi connectivity index (χ0) is 54.4. The van der Waals surface area contributed by atoms with Gasteiger partial charge in [-0.2, -0.15) is 0 Å². The van der Waals surface area contributed by atoms with E-state index in [2.05, 4.69) is 32.2 Å². The van der Waals surface area contributed by atoms with Crippen LogP contribution in [0.1, 0.15) is 70.7 Å². The molecule has 0 saturated heterocycles. The van der Waals surface area contributed by atoms with Crippen molar-refractivity contribution in [2.75, 3.05) is 0 Å². The van der Waals surface area contributed by atoms with Gasteiger partial charge in [-0.15, -0.1) is 11.0 Å². The summed E-state index contributed by atoms with van der Waals surface area (Å²) in [5.41, 5.74) is 8.66. The number of hydrogen-bond donors (Lipinski definition) is 8. The number of amides is 4. The van der Waals surface area contributed by atoms with E-state index in [1.807, 2.05) is 72.8 Å². The lowest BCUT2D eigenvalue weighted by Gasteiger charge is -2.35. The van der Waals surface area contributed by atoms with Gasteiger partial charge in [-0.3, -0.25) is 19.2 Å². The Bertz CT molecular complexity index is 2570. The van der Waals surface area contributed by atoms with Gasteiger partial charge in [-0.25, -0.2) is 9.59 Å². The number of rotatable bonds is 27. The monoisotopic (exact) mass is 1030 g/mol. The fourth-order valence-electron chi connectivity index (χ4n) is 8.44. The SMILES string of the molecule is CC(C)[C@H](NC(=O)[C@H](Cc1ccccc1)NOC(=O)c1ccccc1)C(=O)N[C@@H](Cc1ccccc1)[C@@H](O)[C@H](O)[C@H](Cc1ccccc1)NC(=O)[C@@H](NC(=O)[C@H](Cc1ccccc1)NOC(=O)c1ccccc1)C(C)C. The Labute approximate surface area is 443 Å². The highest BCUT2D eigenvalue weighted by molar-refractivity contribution is 5.93. The van der Waals surface area contributed by atoms with Gasteiger partial charge in [-0.1, -0.05) is 185 Å². The molecular formula is C60H68N6O10. The van der Waals surface area contributed by atoms with Crippen molar-refractivity contribution >= 4 is 35.6 Å². The van der Waals surface area contributed by atoms with Crippen LogP contribution in [0.3, 0.4) is 0 Å². The van der Waals surface area contributed by atoms with Crippen LogP contribution in [0.15, 0.2) is 182 Å². The van der Waals surface area contributed by atoms with Crippen molar-refractivity contribution in [3.63, 3.8) is 0 Å². The minimum absolute atomic E-state index is 0.0263. The molecule has 6 aromatic carbocycles. The molecule has 0 aliphatic heterocycles. The van der Waals surface area contributed by atoms with Gasteiger partial charge in [0, 0.05) is 0 Å². The first-order valence-electron chi connectivity index (χ1n) is 25.4. The normalized spacial score (nSPS) is 14.4. The van der Waals surface area contributed by atoms with Crippen LogP contribution < -0.4 is 32.2 Å². The molecule has 6 aromatic rings. The van der Waals surface area contributed by atoms with E-state index in [1.165, 1.54) is 0 Å². The highest BCUT2D eigenvalue weighted by Gasteiger charge is 2.39. The van der Waals surface area contributed by atoms with Crippen LogP contribution in [0.5, 0.6) is 0 Å². The van der Waals surface area contributed by atoms with E-state index in [0.717, 1.165) is 11.1 Å². The summed E-state index contributed by atoms with van der Waals surface area (Å²) < 4.78 is 0. The Hall–Kier alpha value is -8.02. The zero-order valence-corrected chi connectivity index (χ0v) is 43.1. The van der Waals surface area contributed by atoms with Crippen LogP contribution in [0, 0.1) is 11.8 Å². The fraction of sp³-hybridized carbons (Fsp3) is 0.300. The molecule has 16 nitrogen and oxygen atoms in total. The van der Waals surface area contributed by atoms with Crippen LogP contribution in [0.25, 0.3) is 0 Å². The highest BCUT2D eigenvalue weighted by atomic mass is 16.7. The third-order valence-electron chi connectivity index (χ3n) is 12.7. The molecule has 0 radical (unpaired) electrons. The van der Waals surface area contributed by atoms with E-state index in [0.29, 0.717) is 11.1 Å². The lowest BCUT2D eigenvalue weighted by molar-refractivity contribution is -0.135.